The van der Waals surface area contributed by atoms with Gasteiger partial charge in [-0.2, -0.15) is 0 Å². The van der Waals surface area contributed by atoms with E-state index < -0.39 is 0 Å². The minimum atomic E-state index is -0.0584. The van der Waals surface area contributed by atoms with Gasteiger partial charge in [-0.05, 0) is 37.5 Å². The van der Waals surface area contributed by atoms with E-state index in [1.54, 1.807) is 0 Å². The van der Waals surface area contributed by atoms with Crippen molar-refractivity contribution in [3.8, 4) is 0 Å². The maximum atomic E-state index is 11.1. The van der Waals surface area contributed by atoms with Crippen LogP contribution in [0, 0.1) is 0 Å². The summed E-state index contributed by atoms with van der Waals surface area (Å²) in [6, 6.07) is 8.35. The zero-order valence-electron chi connectivity index (χ0n) is 13.5. The van der Waals surface area contributed by atoms with Crippen LogP contribution in [0.15, 0.2) is 29.3 Å². The van der Waals surface area contributed by atoms with Crippen molar-refractivity contribution in [2.75, 3.05) is 11.9 Å². The van der Waals surface area contributed by atoms with E-state index in [1.165, 1.54) is 32.6 Å². The Bertz CT molecular complexity index is 521. The van der Waals surface area contributed by atoms with E-state index in [4.69, 9.17) is 0 Å². The van der Waals surface area contributed by atoms with E-state index >= 15 is 0 Å². The lowest BCUT2D eigenvalue weighted by molar-refractivity contribution is -0.114. The number of hydrogen-bond acceptors (Lipinski definition) is 2. The van der Waals surface area contributed by atoms with Crippen LogP contribution < -0.4 is 16.0 Å². The number of carbonyl (C=O) groups excluding carboxylic acids is 1. The quantitative estimate of drug-likeness (QED) is 0.579. The Kier molecular flexibility index (Phi) is 6.25. The number of rotatable bonds is 5. The summed E-state index contributed by atoms with van der Waals surface area (Å²) in [4.78, 5) is 15.8. The van der Waals surface area contributed by atoms with Gasteiger partial charge in [-0.1, -0.05) is 25.0 Å². The van der Waals surface area contributed by atoms with Crippen molar-refractivity contribution in [2.45, 2.75) is 52.1 Å². The molecule has 5 heteroatoms. The molecule has 120 valence electrons. The fraction of sp³-hybridized carbons (Fsp3) is 0.529. The van der Waals surface area contributed by atoms with Crippen LogP contribution in [-0.2, 0) is 11.3 Å². The fourth-order valence-corrected chi connectivity index (χ4v) is 2.70. The highest BCUT2D eigenvalue weighted by atomic mass is 16.1. The van der Waals surface area contributed by atoms with Gasteiger partial charge in [-0.15, -0.1) is 0 Å². The summed E-state index contributed by atoms with van der Waals surface area (Å²) >= 11 is 0. The molecule has 1 amide bonds. The van der Waals surface area contributed by atoms with Gasteiger partial charge in [-0.25, -0.2) is 4.99 Å². The van der Waals surface area contributed by atoms with Gasteiger partial charge in [0.05, 0.1) is 6.54 Å². The monoisotopic (exact) mass is 302 g/mol. The summed E-state index contributed by atoms with van der Waals surface area (Å²) in [5.74, 6) is 0.816. The van der Waals surface area contributed by atoms with Crippen LogP contribution in [0.25, 0.3) is 0 Å². The van der Waals surface area contributed by atoms with Gasteiger partial charge >= 0.3 is 0 Å². The molecule has 0 spiro atoms. The van der Waals surface area contributed by atoms with Crippen LogP contribution in [0.2, 0.25) is 0 Å². The molecule has 1 saturated carbocycles. The van der Waals surface area contributed by atoms with Crippen LogP contribution in [-0.4, -0.2) is 24.5 Å². The number of carbonyl (C=O) groups is 1. The largest absolute Gasteiger partial charge is 0.357 e. The molecule has 0 atom stereocenters. The van der Waals surface area contributed by atoms with Crippen molar-refractivity contribution in [1.82, 2.24) is 10.6 Å². The number of nitrogens with zero attached hydrogens (tertiary/aromatic N) is 1. The molecule has 0 unspecified atom stereocenters. The number of hydrogen-bond donors (Lipinski definition) is 3. The first kappa shape index (κ1) is 16.3. The number of guanidine groups is 1. The van der Waals surface area contributed by atoms with E-state index in [0.29, 0.717) is 12.6 Å². The summed E-state index contributed by atoms with van der Waals surface area (Å²) < 4.78 is 0. The second-order valence-electron chi connectivity index (χ2n) is 5.70. The normalized spacial score (nSPS) is 15.6. The first-order valence-corrected chi connectivity index (χ1v) is 8.08. The Labute approximate surface area is 132 Å². The van der Waals surface area contributed by atoms with Crippen molar-refractivity contribution >= 4 is 17.6 Å². The van der Waals surface area contributed by atoms with Gasteiger partial charge in [0.15, 0.2) is 5.96 Å². The Morgan fingerprint density at radius 2 is 2.09 bits per heavy atom. The molecule has 0 bridgehead atoms. The molecule has 1 aromatic rings. The summed E-state index contributed by atoms with van der Waals surface area (Å²) in [7, 11) is 0. The number of benzene rings is 1. The molecule has 0 radical (unpaired) electrons. The van der Waals surface area contributed by atoms with Crippen molar-refractivity contribution < 1.29 is 4.79 Å². The Hall–Kier alpha value is -2.04. The highest BCUT2D eigenvalue weighted by Crippen LogP contribution is 2.17. The number of anilines is 1. The lowest BCUT2D eigenvalue weighted by Gasteiger charge is -2.16. The number of aliphatic imine (C=N–C) groups is 1. The maximum absolute atomic E-state index is 11.1. The highest BCUT2D eigenvalue weighted by Gasteiger charge is 2.15. The van der Waals surface area contributed by atoms with E-state index in [2.05, 4.69) is 27.9 Å². The van der Waals surface area contributed by atoms with Crippen LogP contribution in [0.1, 0.15) is 45.1 Å². The molecule has 3 N–H and O–H groups in total. The second-order valence-corrected chi connectivity index (χ2v) is 5.70. The van der Waals surface area contributed by atoms with Gasteiger partial charge in [0.2, 0.25) is 5.91 Å². The first-order valence-electron chi connectivity index (χ1n) is 8.08. The number of amides is 1. The molecule has 0 aliphatic heterocycles. The van der Waals surface area contributed by atoms with Crippen molar-refractivity contribution in [3.05, 3.63) is 29.8 Å². The highest BCUT2D eigenvalue weighted by molar-refractivity contribution is 5.88. The molecule has 1 fully saturated rings. The van der Waals surface area contributed by atoms with Gasteiger partial charge in [-0.3, -0.25) is 4.79 Å². The standard InChI is InChI=1S/C17H26N4O/c1-3-18-17(21-15-8-4-5-9-15)19-12-14-7-6-10-16(11-14)20-13(2)22/h6-7,10-11,15H,3-5,8-9,12H2,1-2H3,(H,20,22)(H2,18,19,21). The van der Waals surface area contributed by atoms with Crippen molar-refractivity contribution in [3.63, 3.8) is 0 Å². The van der Waals surface area contributed by atoms with Gasteiger partial charge in [0, 0.05) is 25.2 Å². The molecule has 1 aliphatic carbocycles. The minimum Gasteiger partial charge on any atom is -0.357 e. The third kappa shape index (κ3) is 5.39. The molecule has 0 saturated heterocycles. The van der Waals surface area contributed by atoms with Gasteiger partial charge in [0.1, 0.15) is 0 Å². The molecule has 0 aromatic heterocycles. The van der Waals surface area contributed by atoms with Crippen molar-refractivity contribution in [2.24, 2.45) is 4.99 Å². The van der Waals surface area contributed by atoms with Crippen LogP contribution >= 0.6 is 0 Å². The summed E-state index contributed by atoms with van der Waals surface area (Å²) in [5.41, 5.74) is 1.89. The first-order chi connectivity index (χ1) is 10.7. The molecule has 22 heavy (non-hydrogen) atoms. The SMILES string of the molecule is CCNC(=NCc1cccc(NC(C)=O)c1)NC1CCCC1. The zero-order chi connectivity index (χ0) is 15.8. The average Bonchev–Trinajstić information content (AvgIpc) is 2.98. The third-order valence-corrected chi connectivity index (χ3v) is 3.71. The Morgan fingerprint density at radius 3 is 2.77 bits per heavy atom. The lowest BCUT2D eigenvalue weighted by Crippen LogP contribution is -2.42. The zero-order valence-corrected chi connectivity index (χ0v) is 13.5. The lowest BCUT2D eigenvalue weighted by atomic mass is 10.2. The molecule has 5 nitrogen and oxygen atoms in total. The van der Waals surface area contributed by atoms with Crippen molar-refractivity contribution in [1.29, 1.82) is 0 Å². The number of nitrogens with one attached hydrogen (secondary N) is 3. The van der Waals surface area contributed by atoms with Gasteiger partial charge < -0.3 is 16.0 Å². The van der Waals surface area contributed by atoms with Crippen LogP contribution in [0.5, 0.6) is 0 Å². The molecule has 0 heterocycles. The van der Waals surface area contributed by atoms with Gasteiger partial charge in [0.25, 0.3) is 0 Å². The average molecular weight is 302 g/mol. The second kappa shape index (κ2) is 8.41. The molecule has 1 aromatic carbocycles. The van der Waals surface area contributed by atoms with Crippen LogP contribution in [0.4, 0.5) is 5.69 Å². The predicted octanol–water partition coefficient (Wildman–Crippen LogP) is 2.64. The summed E-state index contributed by atoms with van der Waals surface area (Å²) in [6.07, 6.45) is 5.05. The summed E-state index contributed by atoms with van der Waals surface area (Å²) in [6.45, 7) is 5.03. The van der Waals surface area contributed by atoms with E-state index in [0.717, 1.165) is 23.8 Å². The van der Waals surface area contributed by atoms with E-state index in [1.807, 2.05) is 24.3 Å². The predicted molar refractivity (Wildman–Crippen MR) is 91.0 cm³/mol. The molecule has 1 aliphatic rings. The summed E-state index contributed by atoms with van der Waals surface area (Å²) in [5, 5.41) is 9.60. The maximum Gasteiger partial charge on any atom is 0.221 e. The third-order valence-electron chi connectivity index (χ3n) is 3.71. The van der Waals surface area contributed by atoms with E-state index in [9.17, 15) is 4.79 Å². The smallest absolute Gasteiger partial charge is 0.221 e. The molecular weight excluding hydrogens is 276 g/mol. The minimum absolute atomic E-state index is 0.0584. The van der Waals surface area contributed by atoms with Crippen LogP contribution in [0.3, 0.4) is 0 Å². The molecule has 2 rings (SSSR count). The Morgan fingerprint density at radius 1 is 1.32 bits per heavy atom. The molecular formula is C17H26N4O. The fourth-order valence-electron chi connectivity index (χ4n) is 2.70. The Balaban J connectivity index is 1.98. The topological polar surface area (TPSA) is 65.5 Å². The van der Waals surface area contributed by atoms with E-state index in [-0.39, 0.29) is 5.91 Å².